The Kier molecular flexibility index (Phi) is 1.40. The summed E-state index contributed by atoms with van der Waals surface area (Å²) in [6.07, 6.45) is 5.02. The highest BCUT2D eigenvalue weighted by molar-refractivity contribution is 6.11. The van der Waals surface area contributed by atoms with Crippen molar-refractivity contribution in [3.63, 3.8) is 0 Å². The Morgan fingerprint density at radius 2 is 2.57 bits per heavy atom. The molecule has 1 heterocycles. The van der Waals surface area contributed by atoms with E-state index in [1.165, 1.54) is 0 Å². The van der Waals surface area contributed by atoms with Crippen LogP contribution in [0.1, 0.15) is 6.42 Å². The van der Waals surface area contributed by atoms with Crippen LogP contribution in [0.25, 0.3) is 0 Å². The van der Waals surface area contributed by atoms with Crippen molar-refractivity contribution in [1.82, 2.24) is 5.32 Å². The fraction of sp³-hybridized carbons (Fsp3) is 0.600. The van der Waals surface area contributed by atoms with Crippen molar-refractivity contribution < 1.29 is 0 Å². The van der Waals surface area contributed by atoms with Gasteiger partial charge in [-0.2, -0.15) is 0 Å². The van der Waals surface area contributed by atoms with Gasteiger partial charge in [0.15, 0.2) is 0 Å². The van der Waals surface area contributed by atoms with Crippen LogP contribution in [-0.4, -0.2) is 14.4 Å². The summed E-state index contributed by atoms with van der Waals surface area (Å²) in [7, 11) is 5.52. The molecule has 0 bridgehead atoms. The quantitative estimate of drug-likeness (QED) is 0.428. The van der Waals surface area contributed by atoms with Gasteiger partial charge in [-0.15, -0.1) is 0 Å². The van der Waals surface area contributed by atoms with E-state index >= 15 is 0 Å². The minimum absolute atomic E-state index is 0.338. The Balaban J connectivity index is 2.32. The molecule has 2 heteroatoms. The molecule has 0 aromatic heterocycles. The molecule has 1 nitrogen and oxygen atoms in total. The predicted octanol–water partition coefficient (Wildman–Crippen LogP) is 0.450. The van der Waals surface area contributed by atoms with Gasteiger partial charge in [0.25, 0.3) is 0 Å². The first-order chi connectivity index (χ1) is 3.39. The van der Waals surface area contributed by atoms with Crippen molar-refractivity contribution >= 4 is 7.85 Å². The minimum atomic E-state index is 0.338. The molecule has 0 saturated heterocycles. The van der Waals surface area contributed by atoms with Crippen molar-refractivity contribution in [2.75, 3.05) is 6.54 Å². The van der Waals surface area contributed by atoms with Crippen LogP contribution in [0, 0.1) is 0 Å². The summed E-state index contributed by atoms with van der Waals surface area (Å²) in [5, 5.41) is 3.03. The Morgan fingerprint density at radius 3 is 2.86 bits per heavy atom. The zero-order valence-electron chi connectivity index (χ0n) is 4.22. The highest BCUT2D eigenvalue weighted by Gasteiger charge is 1.99. The Bertz CT molecular complexity index is 80.1. The Labute approximate surface area is 45.2 Å². The molecule has 1 aliphatic heterocycles. The van der Waals surface area contributed by atoms with Crippen LogP contribution in [0.3, 0.4) is 0 Å². The molecule has 1 unspecified atom stereocenters. The van der Waals surface area contributed by atoms with Crippen LogP contribution in [-0.2, 0) is 0 Å². The fourth-order valence-electron chi connectivity index (χ4n) is 0.629. The average molecular weight is 92.9 g/mol. The smallest absolute Gasteiger partial charge is 0.0727 e. The molecule has 1 atom stereocenters. The molecular weight excluding hydrogens is 84.9 g/mol. The monoisotopic (exact) mass is 93.1 g/mol. The molecule has 2 radical (unpaired) electrons. The fourth-order valence-corrected chi connectivity index (χ4v) is 0.629. The van der Waals surface area contributed by atoms with Crippen molar-refractivity contribution in [3.05, 3.63) is 12.3 Å². The average Bonchev–Trinajstić information content (AvgIpc) is 1.69. The largest absolute Gasteiger partial charge is 0.392 e. The lowest BCUT2D eigenvalue weighted by molar-refractivity contribution is 0.726. The normalized spacial score (nSPS) is 29.4. The first kappa shape index (κ1) is 4.76. The van der Waals surface area contributed by atoms with Gasteiger partial charge in [0, 0.05) is 6.54 Å². The van der Waals surface area contributed by atoms with Gasteiger partial charge in [0.2, 0.25) is 0 Å². The summed E-state index contributed by atoms with van der Waals surface area (Å²) in [6, 6.07) is 0. The second kappa shape index (κ2) is 2.06. The number of rotatable bonds is 0. The third kappa shape index (κ3) is 1.26. The molecule has 1 N–H and O–H groups in total. The van der Waals surface area contributed by atoms with Gasteiger partial charge in [-0.1, -0.05) is 11.9 Å². The van der Waals surface area contributed by atoms with Gasteiger partial charge in [-0.05, 0) is 12.6 Å². The van der Waals surface area contributed by atoms with Gasteiger partial charge in [0.1, 0.15) is 0 Å². The summed E-state index contributed by atoms with van der Waals surface area (Å²) in [5.74, 6) is 0.338. The molecule has 1 rings (SSSR count). The lowest BCUT2D eigenvalue weighted by Crippen LogP contribution is -2.16. The highest BCUT2D eigenvalue weighted by Crippen LogP contribution is 2.06. The van der Waals surface area contributed by atoms with Gasteiger partial charge in [-0.3, -0.25) is 0 Å². The van der Waals surface area contributed by atoms with E-state index in [9.17, 15) is 0 Å². The van der Waals surface area contributed by atoms with Crippen molar-refractivity contribution in [2.24, 2.45) is 0 Å². The number of hydrogen-bond acceptors (Lipinski definition) is 1. The molecule has 36 valence electrons. The van der Waals surface area contributed by atoms with Crippen molar-refractivity contribution in [3.8, 4) is 0 Å². The van der Waals surface area contributed by atoms with Crippen molar-refractivity contribution in [2.45, 2.75) is 12.2 Å². The molecular formula is C5H8BN. The van der Waals surface area contributed by atoms with E-state index in [0.717, 1.165) is 13.0 Å². The molecule has 7 heavy (non-hydrogen) atoms. The van der Waals surface area contributed by atoms with E-state index < -0.39 is 0 Å². The lowest BCUT2D eigenvalue weighted by atomic mass is 9.83. The zero-order valence-corrected chi connectivity index (χ0v) is 4.22. The number of nitrogens with one attached hydrogen (secondary N) is 1. The van der Waals surface area contributed by atoms with E-state index in [4.69, 9.17) is 7.85 Å². The van der Waals surface area contributed by atoms with E-state index in [1.54, 1.807) is 0 Å². The summed E-state index contributed by atoms with van der Waals surface area (Å²) in [5.41, 5.74) is 0. The molecule has 0 saturated carbocycles. The Morgan fingerprint density at radius 1 is 1.71 bits per heavy atom. The molecule has 0 aliphatic carbocycles. The summed E-state index contributed by atoms with van der Waals surface area (Å²) in [6.45, 7) is 0.927. The molecule has 1 aliphatic rings. The maximum absolute atomic E-state index is 5.52. The lowest BCUT2D eigenvalue weighted by Gasteiger charge is -2.12. The molecule has 0 fully saturated rings. The maximum atomic E-state index is 5.52. The van der Waals surface area contributed by atoms with Crippen LogP contribution < -0.4 is 5.32 Å². The van der Waals surface area contributed by atoms with Crippen LogP contribution >= 0.6 is 0 Å². The van der Waals surface area contributed by atoms with Crippen LogP contribution in [0.4, 0.5) is 0 Å². The van der Waals surface area contributed by atoms with Crippen LogP contribution in [0.15, 0.2) is 12.3 Å². The van der Waals surface area contributed by atoms with E-state index in [1.807, 2.05) is 12.3 Å². The molecule has 0 aromatic carbocycles. The highest BCUT2D eigenvalue weighted by atomic mass is 14.8. The van der Waals surface area contributed by atoms with E-state index in [0.29, 0.717) is 5.82 Å². The van der Waals surface area contributed by atoms with Gasteiger partial charge in [-0.25, -0.2) is 0 Å². The zero-order chi connectivity index (χ0) is 5.11. The molecule has 0 amide bonds. The van der Waals surface area contributed by atoms with Crippen LogP contribution in [0.5, 0.6) is 0 Å². The number of hydrogen-bond donors (Lipinski definition) is 1. The standard InChI is InChI=1S/C5H8BN/c6-5-2-1-3-7-4-5/h1,3,5,7H,2,4H2. The van der Waals surface area contributed by atoms with Crippen molar-refractivity contribution in [1.29, 1.82) is 0 Å². The third-order valence-electron chi connectivity index (χ3n) is 1.05. The first-order valence-corrected chi connectivity index (χ1v) is 2.53. The van der Waals surface area contributed by atoms with E-state index in [2.05, 4.69) is 5.32 Å². The SMILES string of the molecule is [B]C1CC=CNC1. The maximum Gasteiger partial charge on any atom is 0.0727 e. The Hall–Kier alpha value is -0.395. The molecule has 0 aromatic rings. The third-order valence-corrected chi connectivity index (χ3v) is 1.05. The molecule has 0 spiro atoms. The van der Waals surface area contributed by atoms with Gasteiger partial charge < -0.3 is 5.32 Å². The summed E-state index contributed by atoms with van der Waals surface area (Å²) < 4.78 is 0. The topological polar surface area (TPSA) is 12.0 Å². The first-order valence-electron chi connectivity index (χ1n) is 2.53. The second-order valence-corrected chi connectivity index (χ2v) is 1.81. The summed E-state index contributed by atoms with van der Waals surface area (Å²) >= 11 is 0. The summed E-state index contributed by atoms with van der Waals surface area (Å²) in [4.78, 5) is 0. The predicted molar refractivity (Wildman–Crippen MR) is 31.3 cm³/mol. The van der Waals surface area contributed by atoms with Gasteiger partial charge >= 0.3 is 0 Å². The van der Waals surface area contributed by atoms with Crippen LogP contribution in [0.2, 0.25) is 5.82 Å². The second-order valence-electron chi connectivity index (χ2n) is 1.81. The number of allylic oxidation sites excluding steroid dienone is 1. The van der Waals surface area contributed by atoms with E-state index in [-0.39, 0.29) is 0 Å². The van der Waals surface area contributed by atoms with Gasteiger partial charge in [0.05, 0.1) is 7.85 Å². The minimum Gasteiger partial charge on any atom is -0.392 e.